The van der Waals surface area contributed by atoms with Gasteiger partial charge in [-0.3, -0.25) is 9.69 Å². The molecule has 0 N–H and O–H groups in total. The van der Waals surface area contributed by atoms with Crippen molar-refractivity contribution in [3.05, 3.63) is 42.0 Å². The molecule has 0 aliphatic rings. The molecule has 32 heavy (non-hydrogen) atoms. The maximum atomic E-state index is 13.6. The number of likely N-dealkylation sites (N-methyl/N-ethyl adjacent to an activating group) is 1. The van der Waals surface area contributed by atoms with Gasteiger partial charge in [0.15, 0.2) is 16.6 Å². The second-order valence-corrected chi connectivity index (χ2v) is 7.87. The second kappa shape index (κ2) is 11.9. The maximum Gasteiger partial charge on any atom is 0.260 e. The molecule has 3 rings (SSSR count). The quantitative estimate of drug-likeness (QED) is 0.418. The average molecular weight is 480 g/mol. The SMILES string of the molecule is CCN(CC)CCN(C(=O)c1ccc(OC)c(OC)c1)c1nc2c(OC)cccc2s1.Cl. The molecule has 1 amide bonds. The molecular weight excluding hydrogens is 450 g/mol. The molecule has 0 spiro atoms. The van der Waals surface area contributed by atoms with Crippen LogP contribution >= 0.6 is 23.7 Å². The number of carbonyl (C=O) groups excluding carboxylic acids is 1. The van der Waals surface area contributed by atoms with Gasteiger partial charge < -0.3 is 19.1 Å². The zero-order chi connectivity index (χ0) is 22.4. The number of hydrogen-bond acceptors (Lipinski definition) is 7. The zero-order valence-electron chi connectivity index (χ0n) is 19.1. The number of hydrogen-bond donors (Lipinski definition) is 0. The van der Waals surface area contributed by atoms with Crippen LogP contribution in [0.4, 0.5) is 5.13 Å². The molecule has 174 valence electrons. The first-order valence-electron chi connectivity index (χ1n) is 10.3. The van der Waals surface area contributed by atoms with Gasteiger partial charge in [0.2, 0.25) is 0 Å². The summed E-state index contributed by atoms with van der Waals surface area (Å²) in [4.78, 5) is 22.4. The third kappa shape index (κ3) is 5.43. The highest BCUT2D eigenvalue weighted by atomic mass is 35.5. The third-order valence-corrected chi connectivity index (χ3v) is 6.27. The standard InChI is InChI=1S/C23H29N3O4S.ClH/c1-6-25(7-2)13-14-26(22(27)16-11-12-17(28-3)19(15-16)30-5)23-24-21-18(29-4)9-8-10-20(21)31-23;/h8-12,15H,6-7,13-14H2,1-5H3;1H. The Balaban J connectivity index is 0.00000363. The summed E-state index contributed by atoms with van der Waals surface area (Å²) in [6.45, 7) is 7.35. The van der Waals surface area contributed by atoms with Gasteiger partial charge in [-0.25, -0.2) is 4.98 Å². The number of aromatic nitrogens is 1. The Labute approximate surface area is 199 Å². The van der Waals surface area contributed by atoms with Crippen molar-refractivity contribution in [2.45, 2.75) is 13.8 Å². The van der Waals surface area contributed by atoms with Crippen LogP contribution in [0.15, 0.2) is 36.4 Å². The molecule has 0 unspecified atom stereocenters. The van der Waals surface area contributed by atoms with Crippen LogP contribution in [-0.2, 0) is 0 Å². The number of benzene rings is 2. The van der Waals surface area contributed by atoms with Crippen LogP contribution in [0, 0.1) is 0 Å². The van der Waals surface area contributed by atoms with E-state index in [2.05, 4.69) is 18.7 Å². The van der Waals surface area contributed by atoms with Gasteiger partial charge in [0.1, 0.15) is 11.3 Å². The van der Waals surface area contributed by atoms with Crippen LogP contribution < -0.4 is 19.1 Å². The van der Waals surface area contributed by atoms with Crippen LogP contribution in [0.3, 0.4) is 0 Å². The van der Waals surface area contributed by atoms with Gasteiger partial charge in [0, 0.05) is 18.7 Å². The molecule has 0 aliphatic heterocycles. The van der Waals surface area contributed by atoms with Crippen molar-refractivity contribution in [2.24, 2.45) is 0 Å². The number of methoxy groups -OCH3 is 3. The second-order valence-electron chi connectivity index (χ2n) is 6.86. The van der Waals surface area contributed by atoms with Gasteiger partial charge in [-0.2, -0.15) is 0 Å². The largest absolute Gasteiger partial charge is 0.494 e. The minimum absolute atomic E-state index is 0. The molecular formula is C23H30ClN3O4S. The van der Waals surface area contributed by atoms with Gasteiger partial charge in [-0.05, 0) is 43.4 Å². The van der Waals surface area contributed by atoms with Crippen LogP contribution in [-0.4, -0.2) is 63.3 Å². The predicted octanol–water partition coefficient (Wildman–Crippen LogP) is 4.73. The van der Waals surface area contributed by atoms with E-state index in [1.54, 1.807) is 44.4 Å². The molecule has 9 heteroatoms. The summed E-state index contributed by atoms with van der Waals surface area (Å²) in [5, 5.41) is 0.645. The normalized spacial score (nSPS) is 10.7. The Hall–Kier alpha value is -2.55. The van der Waals surface area contributed by atoms with E-state index < -0.39 is 0 Å². The van der Waals surface area contributed by atoms with Gasteiger partial charge in [0.25, 0.3) is 5.91 Å². The fraction of sp³-hybridized carbons (Fsp3) is 0.391. The highest BCUT2D eigenvalue weighted by Crippen LogP contribution is 2.35. The van der Waals surface area contributed by atoms with Crippen molar-refractivity contribution >= 4 is 45.0 Å². The van der Waals surface area contributed by atoms with Crippen molar-refractivity contribution in [2.75, 3.05) is 52.4 Å². The third-order valence-electron chi connectivity index (χ3n) is 5.23. The van der Waals surface area contributed by atoms with Crippen LogP contribution in [0.25, 0.3) is 10.2 Å². The number of para-hydroxylation sites is 1. The number of carbonyl (C=O) groups is 1. The minimum Gasteiger partial charge on any atom is -0.494 e. The zero-order valence-corrected chi connectivity index (χ0v) is 20.7. The number of thiazole rings is 1. The maximum absolute atomic E-state index is 13.6. The van der Waals surface area contributed by atoms with E-state index in [1.807, 2.05) is 18.2 Å². The molecule has 3 aromatic rings. The summed E-state index contributed by atoms with van der Waals surface area (Å²) < 4.78 is 17.1. The van der Waals surface area contributed by atoms with Gasteiger partial charge >= 0.3 is 0 Å². The highest BCUT2D eigenvalue weighted by molar-refractivity contribution is 7.22. The summed E-state index contributed by atoms with van der Waals surface area (Å²) in [5.74, 6) is 1.66. The molecule has 0 atom stereocenters. The van der Waals surface area contributed by atoms with Crippen LogP contribution in [0.5, 0.6) is 17.2 Å². The summed E-state index contributed by atoms with van der Waals surface area (Å²) >= 11 is 1.48. The van der Waals surface area contributed by atoms with Crippen molar-refractivity contribution < 1.29 is 19.0 Å². The van der Waals surface area contributed by atoms with Gasteiger partial charge in [-0.1, -0.05) is 31.3 Å². The lowest BCUT2D eigenvalue weighted by Crippen LogP contribution is -2.38. The molecule has 0 saturated carbocycles. The molecule has 1 heterocycles. The Bertz CT molecular complexity index is 1040. The number of fused-ring (bicyclic) bond motifs is 1. The van der Waals surface area contributed by atoms with Crippen LogP contribution in [0.1, 0.15) is 24.2 Å². The summed E-state index contributed by atoms with van der Waals surface area (Å²) in [5.41, 5.74) is 1.28. The predicted molar refractivity (Wildman–Crippen MR) is 132 cm³/mol. The van der Waals surface area contributed by atoms with Crippen molar-refractivity contribution in [3.8, 4) is 17.2 Å². The highest BCUT2D eigenvalue weighted by Gasteiger charge is 2.24. The lowest BCUT2D eigenvalue weighted by atomic mass is 10.1. The Morgan fingerprint density at radius 3 is 2.25 bits per heavy atom. The molecule has 2 aromatic carbocycles. The van der Waals surface area contributed by atoms with Crippen molar-refractivity contribution in [1.29, 1.82) is 0 Å². The topological polar surface area (TPSA) is 64.1 Å². The van der Waals surface area contributed by atoms with E-state index in [-0.39, 0.29) is 18.3 Å². The molecule has 0 saturated heterocycles. The molecule has 0 radical (unpaired) electrons. The first kappa shape index (κ1) is 25.7. The summed E-state index contributed by atoms with van der Waals surface area (Å²) in [7, 11) is 4.76. The minimum atomic E-state index is -0.133. The summed E-state index contributed by atoms with van der Waals surface area (Å²) in [6.07, 6.45) is 0. The molecule has 1 aromatic heterocycles. The van der Waals surface area contributed by atoms with E-state index in [0.717, 1.165) is 29.9 Å². The number of halogens is 1. The van der Waals surface area contributed by atoms with Crippen LogP contribution in [0.2, 0.25) is 0 Å². The molecule has 0 fully saturated rings. The smallest absolute Gasteiger partial charge is 0.260 e. The average Bonchev–Trinajstić information content (AvgIpc) is 3.25. The lowest BCUT2D eigenvalue weighted by Gasteiger charge is -2.25. The lowest BCUT2D eigenvalue weighted by molar-refractivity contribution is 0.0983. The summed E-state index contributed by atoms with van der Waals surface area (Å²) in [6, 6.07) is 11.0. The number of ether oxygens (including phenoxy) is 3. The Morgan fingerprint density at radius 1 is 0.938 bits per heavy atom. The van der Waals surface area contributed by atoms with Crippen molar-refractivity contribution in [3.63, 3.8) is 0 Å². The van der Waals surface area contributed by atoms with Gasteiger partial charge in [0.05, 0.1) is 26.0 Å². The van der Waals surface area contributed by atoms with E-state index in [4.69, 9.17) is 19.2 Å². The number of anilines is 1. The first-order valence-corrected chi connectivity index (χ1v) is 11.1. The fourth-order valence-electron chi connectivity index (χ4n) is 3.38. The van der Waals surface area contributed by atoms with E-state index in [0.29, 0.717) is 34.5 Å². The Morgan fingerprint density at radius 2 is 1.62 bits per heavy atom. The van der Waals surface area contributed by atoms with Gasteiger partial charge in [-0.15, -0.1) is 12.4 Å². The number of rotatable bonds is 10. The van der Waals surface area contributed by atoms with E-state index >= 15 is 0 Å². The number of nitrogens with zero attached hydrogens (tertiary/aromatic N) is 3. The fourth-order valence-corrected chi connectivity index (χ4v) is 4.39. The van der Waals surface area contributed by atoms with Crippen molar-refractivity contribution in [1.82, 2.24) is 9.88 Å². The number of amides is 1. The first-order chi connectivity index (χ1) is 15.1. The molecule has 7 nitrogen and oxygen atoms in total. The van der Waals surface area contributed by atoms with E-state index in [9.17, 15) is 4.79 Å². The molecule has 0 aliphatic carbocycles. The van der Waals surface area contributed by atoms with E-state index in [1.165, 1.54) is 11.3 Å². The Kier molecular flexibility index (Phi) is 9.56. The molecule has 0 bridgehead atoms. The monoisotopic (exact) mass is 479 g/mol.